The van der Waals surface area contributed by atoms with Crippen molar-refractivity contribution in [1.29, 1.82) is 0 Å². The van der Waals surface area contributed by atoms with Gasteiger partial charge in [-0.15, -0.1) is 0 Å². The third-order valence-corrected chi connectivity index (χ3v) is 13.1. The lowest BCUT2D eigenvalue weighted by molar-refractivity contribution is 0.593. The Labute approximate surface area is 284 Å². The van der Waals surface area contributed by atoms with Crippen molar-refractivity contribution in [2.24, 2.45) is 0 Å². The number of hydrogen-bond acceptors (Lipinski definition) is 2. The number of fused-ring (bicyclic) bond motifs is 8. The maximum atomic E-state index is 15.9. The van der Waals surface area contributed by atoms with Crippen molar-refractivity contribution >= 4 is 55.6 Å². The standard InChI is InChI=1S/C45H29N2OP/c48-49(34-19-8-3-9-20-34)43-25-24-30-14-10-11-21-35(30)45(43)38-28-37-36-22-12-13-23-41(36)47(42(37)29-44(38)49)33-26-39(31-15-4-1-5-16-31)46-40(27-33)32-17-6-2-7-18-32/h1-29H. The Morgan fingerprint density at radius 1 is 0.469 bits per heavy atom. The number of pyridine rings is 1. The fourth-order valence-corrected chi connectivity index (χ4v) is 10.8. The Morgan fingerprint density at radius 3 is 1.76 bits per heavy atom. The molecule has 0 radical (unpaired) electrons. The molecule has 2 aromatic heterocycles. The van der Waals surface area contributed by atoms with Crippen LogP contribution in [0.1, 0.15) is 0 Å². The van der Waals surface area contributed by atoms with Gasteiger partial charge in [-0.1, -0.05) is 140 Å². The van der Waals surface area contributed by atoms with E-state index in [4.69, 9.17) is 4.98 Å². The molecule has 1 aliphatic heterocycles. The molecule has 3 heterocycles. The van der Waals surface area contributed by atoms with Crippen LogP contribution in [0.25, 0.3) is 71.9 Å². The van der Waals surface area contributed by atoms with Crippen LogP contribution in [0.15, 0.2) is 176 Å². The lowest BCUT2D eigenvalue weighted by Gasteiger charge is -2.17. The Morgan fingerprint density at radius 2 is 1.06 bits per heavy atom. The summed E-state index contributed by atoms with van der Waals surface area (Å²) in [6.07, 6.45) is 0. The highest BCUT2D eigenvalue weighted by molar-refractivity contribution is 7.86. The van der Waals surface area contributed by atoms with E-state index in [1.807, 2.05) is 42.5 Å². The molecule has 230 valence electrons. The molecule has 0 amide bonds. The molecule has 0 aliphatic carbocycles. The largest absolute Gasteiger partial charge is 0.309 e. The van der Waals surface area contributed by atoms with Crippen LogP contribution in [0.3, 0.4) is 0 Å². The van der Waals surface area contributed by atoms with Gasteiger partial charge >= 0.3 is 0 Å². The zero-order valence-electron chi connectivity index (χ0n) is 26.5. The second kappa shape index (κ2) is 10.8. The van der Waals surface area contributed by atoms with Crippen molar-refractivity contribution in [3.8, 4) is 39.3 Å². The first kappa shape index (κ1) is 28.0. The second-order valence-corrected chi connectivity index (χ2v) is 15.4. The lowest BCUT2D eigenvalue weighted by atomic mass is 9.97. The van der Waals surface area contributed by atoms with Gasteiger partial charge in [0.15, 0.2) is 7.14 Å². The summed E-state index contributed by atoms with van der Waals surface area (Å²) in [7, 11) is -3.21. The number of benzene rings is 7. The van der Waals surface area contributed by atoms with Crippen molar-refractivity contribution in [3.63, 3.8) is 0 Å². The molecule has 0 saturated carbocycles. The topological polar surface area (TPSA) is 34.9 Å². The molecule has 9 aromatic rings. The molecule has 10 rings (SSSR count). The predicted octanol–water partition coefficient (Wildman–Crippen LogP) is 10.3. The molecule has 0 bridgehead atoms. The molecular weight excluding hydrogens is 615 g/mol. The van der Waals surface area contributed by atoms with Crippen molar-refractivity contribution in [3.05, 3.63) is 176 Å². The van der Waals surface area contributed by atoms with E-state index < -0.39 is 7.14 Å². The van der Waals surface area contributed by atoms with Crippen LogP contribution in [-0.2, 0) is 4.57 Å². The molecule has 0 fully saturated rings. The third kappa shape index (κ3) is 4.16. The summed E-state index contributed by atoms with van der Waals surface area (Å²) in [4.78, 5) is 5.16. The minimum absolute atomic E-state index is 0.855. The van der Waals surface area contributed by atoms with E-state index in [1.165, 1.54) is 0 Å². The van der Waals surface area contributed by atoms with Crippen LogP contribution >= 0.6 is 7.14 Å². The van der Waals surface area contributed by atoms with Crippen molar-refractivity contribution in [1.82, 2.24) is 9.55 Å². The number of nitrogens with zero attached hydrogens (tertiary/aromatic N) is 2. The van der Waals surface area contributed by atoms with E-state index in [2.05, 4.69) is 138 Å². The van der Waals surface area contributed by atoms with E-state index in [1.54, 1.807) is 0 Å². The molecule has 4 heteroatoms. The van der Waals surface area contributed by atoms with Gasteiger partial charge in [-0.2, -0.15) is 0 Å². The Hall–Kier alpha value is -6.02. The fourth-order valence-electron chi connectivity index (χ4n) is 7.75. The van der Waals surface area contributed by atoms with E-state index in [9.17, 15) is 0 Å². The van der Waals surface area contributed by atoms with Crippen molar-refractivity contribution in [2.45, 2.75) is 0 Å². The maximum Gasteiger partial charge on any atom is 0.172 e. The second-order valence-electron chi connectivity index (χ2n) is 12.7. The van der Waals surface area contributed by atoms with Crippen molar-refractivity contribution < 1.29 is 4.57 Å². The Kier molecular flexibility index (Phi) is 6.15. The van der Waals surface area contributed by atoms with E-state index in [0.29, 0.717) is 0 Å². The summed E-state index contributed by atoms with van der Waals surface area (Å²) in [5.74, 6) is 0. The van der Waals surface area contributed by atoms with E-state index >= 15 is 4.57 Å². The average Bonchev–Trinajstić information content (AvgIpc) is 3.64. The highest BCUT2D eigenvalue weighted by Crippen LogP contribution is 2.55. The highest BCUT2D eigenvalue weighted by atomic mass is 31.2. The number of hydrogen-bond donors (Lipinski definition) is 0. The van der Waals surface area contributed by atoms with Gasteiger partial charge in [0.25, 0.3) is 0 Å². The van der Waals surface area contributed by atoms with Crippen LogP contribution in [0, 0.1) is 0 Å². The first-order chi connectivity index (χ1) is 24.2. The summed E-state index contributed by atoms with van der Waals surface area (Å²) in [6, 6.07) is 60.9. The molecule has 3 nitrogen and oxygen atoms in total. The van der Waals surface area contributed by atoms with Crippen LogP contribution in [-0.4, -0.2) is 9.55 Å². The van der Waals surface area contributed by atoms with Gasteiger partial charge in [0.2, 0.25) is 0 Å². The third-order valence-electron chi connectivity index (χ3n) is 9.97. The van der Waals surface area contributed by atoms with E-state index in [-0.39, 0.29) is 0 Å². The fraction of sp³-hybridized carbons (Fsp3) is 0. The molecule has 7 aromatic carbocycles. The first-order valence-corrected chi connectivity index (χ1v) is 18.3. The summed E-state index contributed by atoms with van der Waals surface area (Å²) in [5.41, 5.74) is 9.18. The van der Waals surface area contributed by atoms with Gasteiger partial charge in [-0.05, 0) is 52.7 Å². The number of rotatable bonds is 4. The molecule has 0 N–H and O–H groups in total. The quantitative estimate of drug-likeness (QED) is 0.179. The molecular formula is C45H29N2OP. The summed E-state index contributed by atoms with van der Waals surface area (Å²) < 4.78 is 18.2. The zero-order valence-corrected chi connectivity index (χ0v) is 27.4. The summed E-state index contributed by atoms with van der Waals surface area (Å²) in [6.45, 7) is 0. The van der Waals surface area contributed by atoms with Gasteiger partial charge in [-0.3, -0.25) is 0 Å². The zero-order chi connectivity index (χ0) is 32.5. The van der Waals surface area contributed by atoms with Crippen LogP contribution in [0.2, 0.25) is 0 Å². The predicted molar refractivity (Wildman–Crippen MR) is 205 cm³/mol. The smallest absolute Gasteiger partial charge is 0.172 e. The van der Waals surface area contributed by atoms with Crippen LogP contribution in [0.5, 0.6) is 0 Å². The normalized spacial score (nSPS) is 15.1. The molecule has 0 spiro atoms. The maximum absolute atomic E-state index is 15.9. The van der Waals surface area contributed by atoms with Crippen LogP contribution < -0.4 is 15.9 Å². The molecule has 49 heavy (non-hydrogen) atoms. The van der Waals surface area contributed by atoms with Gasteiger partial charge in [0.1, 0.15) is 0 Å². The Balaban J connectivity index is 1.33. The number of aromatic nitrogens is 2. The number of para-hydroxylation sites is 1. The summed E-state index contributed by atoms with van der Waals surface area (Å²) >= 11 is 0. The summed E-state index contributed by atoms with van der Waals surface area (Å²) in [5, 5.41) is 7.23. The molecule has 1 atom stereocenters. The molecule has 1 aliphatic rings. The monoisotopic (exact) mass is 644 g/mol. The van der Waals surface area contributed by atoms with E-state index in [0.717, 1.165) is 87.8 Å². The Bertz CT molecular complexity index is 2730. The van der Waals surface area contributed by atoms with Gasteiger partial charge in [-0.25, -0.2) is 4.98 Å². The highest BCUT2D eigenvalue weighted by Gasteiger charge is 2.41. The van der Waals surface area contributed by atoms with Crippen molar-refractivity contribution in [2.75, 3.05) is 0 Å². The van der Waals surface area contributed by atoms with Gasteiger partial charge < -0.3 is 9.13 Å². The SMILES string of the molecule is O=P1(c2ccccc2)c2cc3c(cc2-c2c1ccc1ccccc21)c1ccccc1n3-c1cc(-c2ccccc2)nc(-c2ccccc2)c1. The minimum Gasteiger partial charge on any atom is -0.309 e. The van der Waals surface area contributed by atoms with Gasteiger partial charge in [0, 0.05) is 43.4 Å². The van der Waals surface area contributed by atoms with Crippen LogP contribution in [0.4, 0.5) is 0 Å². The molecule has 0 saturated heterocycles. The minimum atomic E-state index is -3.21. The lowest BCUT2D eigenvalue weighted by Crippen LogP contribution is -2.20. The first-order valence-electron chi connectivity index (χ1n) is 16.6. The average molecular weight is 645 g/mol. The molecule has 1 unspecified atom stereocenters. The van der Waals surface area contributed by atoms with Gasteiger partial charge in [0.05, 0.1) is 28.1 Å².